The van der Waals surface area contributed by atoms with Crippen LogP contribution in [0.15, 0.2) is 70.9 Å². The van der Waals surface area contributed by atoms with Gasteiger partial charge in [0, 0.05) is 61.6 Å². The molecule has 2 bridgehead atoms. The number of fused-ring (bicyclic) bond motifs is 2. The summed E-state index contributed by atoms with van der Waals surface area (Å²) in [6.45, 7) is 7.17. The van der Waals surface area contributed by atoms with Gasteiger partial charge in [0.05, 0.1) is 31.4 Å². The molecule has 0 aromatic heterocycles. The molecule has 2 aromatic carbocycles. The number of allylic oxidation sites excluding steroid dienone is 2. The lowest BCUT2D eigenvalue weighted by Crippen LogP contribution is -2.49. The van der Waals surface area contributed by atoms with Crippen molar-refractivity contribution in [3.05, 3.63) is 72.1 Å². The molecule has 0 unspecified atom stereocenters. The number of nitrogens with one attached hydrogen (secondary N) is 1. The minimum absolute atomic E-state index is 0.0100. The Balaban J connectivity index is 0.867. The Morgan fingerprint density at radius 2 is 1.42 bits per heavy atom. The Morgan fingerprint density at radius 1 is 0.818 bits per heavy atom. The second-order valence-corrected chi connectivity index (χ2v) is 16.9. The fourth-order valence-electron chi connectivity index (χ4n) is 10.2. The van der Waals surface area contributed by atoms with Crippen LogP contribution >= 0.6 is 0 Å². The van der Waals surface area contributed by atoms with Crippen LogP contribution in [0.25, 0.3) is 22.3 Å². The zero-order chi connectivity index (χ0) is 38.4. The van der Waals surface area contributed by atoms with Gasteiger partial charge in [-0.2, -0.15) is 0 Å². The number of hydrazine groups is 1. The Hall–Kier alpha value is -4.86. The number of esters is 1. The molecule has 2 aliphatic carbocycles. The van der Waals surface area contributed by atoms with Crippen LogP contribution in [-0.4, -0.2) is 71.3 Å². The zero-order valence-electron chi connectivity index (χ0n) is 32.5. The number of carbonyl (C=O) groups excluding carboxylic acids is 4. The Bertz CT molecular complexity index is 1980. The van der Waals surface area contributed by atoms with E-state index in [0.717, 1.165) is 84.2 Å². The fourth-order valence-corrected chi connectivity index (χ4v) is 10.2. The molecule has 2 aromatic rings. The first kappa shape index (κ1) is 37.1. The number of hydrogen-bond acceptors (Lipinski definition) is 7. The number of rotatable bonds is 11. The molecule has 0 spiro atoms. The van der Waals surface area contributed by atoms with Gasteiger partial charge in [0.25, 0.3) is 0 Å². The molecule has 4 fully saturated rings. The maximum Gasteiger partial charge on any atom is 0.306 e. The Morgan fingerprint density at radius 3 is 2.02 bits per heavy atom. The first-order valence-corrected chi connectivity index (χ1v) is 20.3. The predicted molar refractivity (Wildman–Crippen MR) is 213 cm³/mol. The van der Waals surface area contributed by atoms with E-state index in [2.05, 4.69) is 54.0 Å². The smallest absolute Gasteiger partial charge is 0.306 e. The van der Waals surface area contributed by atoms with Crippen LogP contribution < -0.4 is 5.43 Å². The van der Waals surface area contributed by atoms with Crippen molar-refractivity contribution in [2.75, 3.05) is 20.2 Å². The molecule has 8 rings (SSSR count). The minimum Gasteiger partial charge on any atom is -0.469 e. The molecule has 0 radical (unpaired) electrons. The van der Waals surface area contributed by atoms with Crippen LogP contribution in [0.2, 0.25) is 0 Å². The lowest BCUT2D eigenvalue weighted by Gasteiger charge is -2.32. The molecular weight excluding hydrogens is 691 g/mol. The number of amides is 3. The lowest BCUT2D eigenvalue weighted by molar-refractivity contribution is -0.148. The highest BCUT2D eigenvalue weighted by Gasteiger charge is 2.53. The van der Waals surface area contributed by atoms with Gasteiger partial charge in [0.15, 0.2) is 0 Å². The number of carbonyl (C=O) groups is 4. The molecule has 6 aliphatic rings. The van der Waals surface area contributed by atoms with E-state index in [0.29, 0.717) is 31.3 Å². The Kier molecular flexibility index (Phi) is 10.3. The summed E-state index contributed by atoms with van der Waals surface area (Å²) in [4.78, 5) is 63.5. The fraction of sp³-hybridized carbons (Fsp3) is 0.511. The largest absolute Gasteiger partial charge is 0.469 e. The summed E-state index contributed by atoms with van der Waals surface area (Å²) >= 11 is 0. The van der Waals surface area contributed by atoms with E-state index >= 15 is 0 Å². The molecular formula is C45H53N5O5. The molecule has 2 saturated carbocycles. The van der Waals surface area contributed by atoms with Crippen molar-refractivity contribution in [3.63, 3.8) is 0 Å². The second kappa shape index (κ2) is 15.3. The number of nitrogens with zero attached hydrogens (tertiary/aromatic N) is 4. The third-order valence-electron chi connectivity index (χ3n) is 13.3. The summed E-state index contributed by atoms with van der Waals surface area (Å²) in [6, 6.07) is 17.2. The van der Waals surface area contributed by atoms with E-state index in [9.17, 15) is 19.2 Å². The molecule has 3 amide bonds. The highest BCUT2D eigenvalue weighted by Crippen LogP contribution is 2.54. The van der Waals surface area contributed by atoms with Gasteiger partial charge in [0.2, 0.25) is 17.7 Å². The summed E-state index contributed by atoms with van der Waals surface area (Å²) in [5.74, 6) is 0.120. The highest BCUT2D eigenvalue weighted by atomic mass is 16.5. The third-order valence-corrected chi connectivity index (χ3v) is 13.3. The van der Waals surface area contributed by atoms with E-state index < -0.39 is 5.92 Å². The van der Waals surface area contributed by atoms with Crippen LogP contribution in [0.5, 0.6) is 0 Å². The molecule has 7 atom stereocenters. The molecule has 55 heavy (non-hydrogen) atoms. The number of aliphatic imine (C=N–C) groups is 2. The highest BCUT2D eigenvalue weighted by molar-refractivity contribution is 6.04. The van der Waals surface area contributed by atoms with Crippen molar-refractivity contribution in [1.82, 2.24) is 15.3 Å². The SMILES string of the molecule is COC(=O)C[C@H](C(=O)N1CCC[C@H]1C1=NC=C(c2ccc(-c3ccc(C4=CN=C([C@@H]5[C@H]6CC[C@H](C6)[C@H]5C(=O)NN5CC[C@@H](C)C5=O)C4)cc3)cc2)C1)C(C)C. The second-order valence-electron chi connectivity index (χ2n) is 16.9. The van der Waals surface area contributed by atoms with Crippen molar-refractivity contribution < 1.29 is 23.9 Å². The van der Waals surface area contributed by atoms with Gasteiger partial charge in [-0.25, -0.2) is 0 Å². The van der Waals surface area contributed by atoms with Crippen LogP contribution in [0.3, 0.4) is 0 Å². The van der Waals surface area contributed by atoms with Gasteiger partial charge in [-0.3, -0.25) is 39.6 Å². The maximum absolute atomic E-state index is 13.6. The average molecular weight is 744 g/mol. The average Bonchev–Trinajstić information content (AvgIpc) is 4.06. The number of likely N-dealkylation sites (tertiary alicyclic amines) is 1. The molecule has 4 aliphatic heterocycles. The Labute approximate surface area is 324 Å². The van der Waals surface area contributed by atoms with E-state index in [1.165, 1.54) is 17.7 Å². The van der Waals surface area contributed by atoms with Gasteiger partial charge in [-0.1, -0.05) is 69.3 Å². The summed E-state index contributed by atoms with van der Waals surface area (Å²) < 4.78 is 4.88. The van der Waals surface area contributed by atoms with Crippen molar-refractivity contribution in [2.24, 2.45) is 51.4 Å². The van der Waals surface area contributed by atoms with Crippen molar-refractivity contribution in [1.29, 1.82) is 0 Å². The van der Waals surface area contributed by atoms with Crippen molar-refractivity contribution >= 4 is 46.3 Å². The molecule has 4 heterocycles. The number of benzene rings is 2. The number of hydrogen-bond donors (Lipinski definition) is 1. The monoisotopic (exact) mass is 743 g/mol. The van der Waals surface area contributed by atoms with Crippen molar-refractivity contribution in [2.45, 2.75) is 84.6 Å². The minimum atomic E-state index is -0.400. The van der Waals surface area contributed by atoms with Crippen LogP contribution in [0, 0.1) is 41.4 Å². The first-order valence-electron chi connectivity index (χ1n) is 20.3. The van der Waals surface area contributed by atoms with Crippen LogP contribution in [-0.2, 0) is 23.9 Å². The molecule has 1 N–H and O–H groups in total. The molecule has 2 saturated heterocycles. The zero-order valence-corrected chi connectivity index (χ0v) is 32.5. The standard InChI is InChI=1S/C45H53N5O5/c1-26(2)36(23-40(51)55-4)45(54)49-18-5-6-39(49)37-21-34(24-46-37)30-11-7-28(8-12-30)29-9-13-31(14-10-29)35-22-38(47-25-35)41-32-15-16-33(20-32)42(41)43(52)48-50-19-17-27(3)44(50)53/h7-14,24-27,32-33,36,39,41-42H,5-6,15-23H2,1-4H3,(H,48,52)/t27-,32+,33-,36+,39+,41+,42-/m1/s1. The first-order chi connectivity index (χ1) is 26.6. The summed E-state index contributed by atoms with van der Waals surface area (Å²) in [5, 5.41) is 1.54. The molecule has 10 nitrogen and oxygen atoms in total. The quantitative estimate of drug-likeness (QED) is 0.246. The van der Waals surface area contributed by atoms with Gasteiger partial charge in [-0.05, 0) is 89.7 Å². The topological polar surface area (TPSA) is 121 Å². The third kappa shape index (κ3) is 7.20. The van der Waals surface area contributed by atoms with E-state index in [1.807, 2.05) is 38.1 Å². The van der Waals surface area contributed by atoms with Crippen LogP contribution in [0.4, 0.5) is 0 Å². The summed E-state index contributed by atoms with van der Waals surface area (Å²) in [7, 11) is 1.37. The number of ether oxygens (including phenoxy) is 1. The van der Waals surface area contributed by atoms with E-state index in [1.54, 1.807) is 0 Å². The van der Waals surface area contributed by atoms with Gasteiger partial charge in [-0.15, -0.1) is 0 Å². The van der Waals surface area contributed by atoms with Gasteiger partial charge in [0.1, 0.15) is 0 Å². The van der Waals surface area contributed by atoms with Crippen molar-refractivity contribution in [3.8, 4) is 11.1 Å². The summed E-state index contributed by atoms with van der Waals surface area (Å²) in [5.41, 5.74) is 12.0. The number of methoxy groups -OCH3 is 1. The lowest BCUT2D eigenvalue weighted by atomic mass is 9.75. The summed E-state index contributed by atoms with van der Waals surface area (Å²) in [6.07, 6.45) is 11.4. The normalized spacial score (nSPS) is 27.7. The van der Waals surface area contributed by atoms with Gasteiger partial charge >= 0.3 is 5.97 Å². The molecule has 288 valence electrons. The van der Waals surface area contributed by atoms with Gasteiger partial charge < -0.3 is 9.64 Å². The molecule has 10 heteroatoms. The van der Waals surface area contributed by atoms with E-state index in [-0.39, 0.29) is 59.8 Å². The van der Waals surface area contributed by atoms with E-state index in [4.69, 9.17) is 14.7 Å². The van der Waals surface area contributed by atoms with Crippen LogP contribution in [0.1, 0.15) is 89.7 Å². The maximum atomic E-state index is 13.6. The predicted octanol–water partition coefficient (Wildman–Crippen LogP) is 7.11.